The fourth-order valence-corrected chi connectivity index (χ4v) is 2.71. The average molecular weight is 297 g/mol. The molecule has 1 aromatic carbocycles. The second-order valence-electron chi connectivity index (χ2n) is 6.03. The van der Waals surface area contributed by atoms with Crippen molar-refractivity contribution < 1.29 is 22.7 Å². The number of hydrogen-bond donors (Lipinski definition) is 0. The van der Waals surface area contributed by atoms with Gasteiger partial charge in [-0.1, -0.05) is 0 Å². The van der Waals surface area contributed by atoms with Gasteiger partial charge in [0.1, 0.15) is 5.75 Å². The van der Waals surface area contributed by atoms with Crippen molar-refractivity contribution in [2.45, 2.75) is 44.8 Å². The highest BCUT2D eigenvalue weighted by Crippen LogP contribution is 2.32. The SMILES string of the molecule is CC1(C)CCc2cc3c(cc2=N1)OC(=O)CC=3C(F)(F)F. The summed E-state index contributed by atoms with van der Waals surface area (Å²) in [6.07, 6.45) is -3.83. The van der Waals surface area contributed by atoms with Crippen molar-refractivity contribution in [3.8, 4) is 5.75 Å². The van der Waals surface area contributed by atoms with Crippen molar-refractivity contribution in [2.75, 3.05) is 0 Å². The number of nitrogens with zero attached hydrogens (tertiary/aromatic N) is 1. The number of ether oxygens (including phenoxy) is 1. The average Bonchev–Trinajstić information content (AvgIpc) is 2.33. The zero-order valence-corrected chi connectivity index (χ0v) is 11.7. The van der Waals surface area contributed by atoms with Crippen LogP contribution < -0.4 is 15.3 Å². The molecule has 21 heavy (non-hydrogen) atoms. The first-order valence-corrected chi connectivity index (χ1v) is 6.70. The highest BCUT2D eigenvalue weighted by Gasteiger charge is 2.39. The van der Waals surface area contributed by atoms with E-state index in [0.717, 1.165) is 12.0 Å². The second kappa shape index (κ2) is 4.32. The van der Waals surface area contributed by atoms with Gasteiger partial charge in [-0.2, -0.15) is 13.2 Å². The summed E-state index contributed by atoms with van der Waals surface area (Å²) in [5, 5.41) is 0.581. The van der Waals surface area contributed by atoms with Gasteiger partial charge in [-0.15, -0.1) is 0 Å². The molecular formula is C15H14F3NO2. The third kappa shape index (κ3) is 2.54. The van der Waals surface area contributed by atoms with Gasteiger partial charge in [0.05, 0.1) is 22.9 Å². The first-order chi connectivity index (χ1) is 9.66. The Bertz CT molecular complexity index is 747. The third-order valence-electron chi connectivity index (χ3n) is 3.82. The summed E-state index contributed by atoms with van der Waals surface area (Å²) in [7, 11) is 0. The van der Waals surface area contributed by atoms with E-state index in [9.17, 15) is 18.0 Å². The van der Waals surface area contributed by atoms with Crippen LogP contribution in [0, 0.1) is 0 Å². The summed E-state index contributed by atoms with van der Waals surface area (Å²) in [6, 6.07) is 2.92. The monoisotopic (exact) mass is 297 g/mol. The van der Waals surface area contributed by atoms with E-state index in [1.54, 1.807) is 0 Å². The molecule has 3 rings (SSSR count). The Morgan fingerprint density at radius 3 is 2.67 bits per heavy atom. The summed E-state index contributed by atoms with van der Waals surface area (Å²) in [5.41, 5.74) is -0.314. The van der Waals surface area contributed by atoms with Crippen LogP contribution in [0.1, 0.15) is 32.3 Å². The molecule has 0 saturated carbocycles. The van der Waals surface area contributed by atoms with Gasteiger partial charge in [0, 0.05) is 11.3 Å². The first kappa shape index (κ1) is 14.1. The van der Waals surface area contributed by atoms with E-state index in [0.29, 0.717) is 11.8 Å². The molecule has 0 amide bonds. The second-order valence-corrected chi connectivity index (χ2v) is 6.03. The maximum Gasteiger partial charge on any atom is 0.413 e. The van der Waals surface area contributed by atoms with E-state index in [4.69, 9.17) is 4.74 Å². The van der Waals surface area contributed by atoms with Crippen LogP contribution in [0.3, 0.4) is 0 Å². The van der Waals surface area contributed by atoms with Gasteiger partial charge in [0.25, 0.3) is 0 Å². The van der Waals surface area contributed by atoms with Gasteiger partial charge in [-0.25, -0.2) is 0 Å². The normalized spacial score (nSPS) is 20.2. The summed E-state index contributed by atoms with van der Waals surface area (Å²) < 4.78 is 44.2. The molecule has 2 heterocycles. The van der Waals surface area contributed by atoms with Gasteiger partial charge < -0.3 is 4.74 Å². The van der Waals surface area contributed by atoms with Crippen molar-refractivity contribution in [2.24, 2.45) is 4.99 Å². The molecular weight excluding hydrogens is 283 g/mol. The van der Waals surface area contributed by atoms with Crippen molar-refractivity contribution in [3.63, 3.8) is 0 Å². The van der Waals surface area contributed by atoms with Crippen molar-refractivity contribution in [1.82, 2.24) is 0 Å². The predicted molar refractivity (Wildman–Crippen MR) is 69.3 cm³/mol. The van der Waals surface area contributed by atoms with Gasteiger partial charge in [-0.05, 0) is 38.3 Å². The van der Waals surface area contributed by atoms with Crippen LogP contribution in [-0.2, 0) is 11.2 Å². The molecule has 0 aromatic heterocycles. The molecule has 6 heteroatoms. The van der Waals surface area contributed by atoms with Crippen LogP contribution in [-0.4, -0.2) is 17.7 Å². The molecule has 1 aromatic rings. The van der Waals surface area contributed by atoms with Crippen molar-refractivity contribution in [1.29, 1.82) is 0 Å². The molecule has 0 spiro atoms. The molecule has 2 aliphatic heterocycles. The minimum absolute atomic E-state index is 0.0317. The van der Waals surface area contributed by atoms with Crippen LogP contribution in [0.25, 0.3) is 5.57 Å². The van der Waals surface area contributed by atoms with Crippen LogP contribution >= 0.6 is 0 Å². The summed E-state index contributed by atoms with van der Waals surface area (Å²) in [5.74, 6) is -0.927. The van der Waals surface area contributed by atoms with Crippen LogP contribution in [0.5, 0.6) is 5.75 Å². The van der Waals surface area contributed by atoms with Crippen molar-refractivity contribution >= 4 is 11.5 Å². The summed E-state index contributed by atoms with van der Waals surface area (Å²) in [6.45, 7) is 3.93. The highest BCUT2D eigenvalue weighted by molar-refractivity contribution is 5.85. The lowest BCUT2D eigenvalue weighted by Gasteiger charge is -2.25. The number of esters is 1. The molecule has 112 valence electrons. The van der Waals surface area contributed by atoms with E-state index in [1.165, 1.54) is 12.1 Å². The Hall–Kier alpha value is -1.85. The number of halogens is 3. The molecule has 3 nitrogen and oxygen atoms in total. The van der Waals surface area contributed by atoms with Crippen LogP contribution in [0.15, 0.2) is 17.1 Å². The van der Waals surface area contributed by atoms with Gasteiger partial charge >= 0.3 is 12.1 Å². The van der Waals surface area contributed by atoms with Crippen LogP contribution in [0.4, 0.5) is 13.2 Å². The Kier molecular flexibility index (Phi) is 2.90. The van der Waals surface area contributed by atoms with Crippen LogP contribution in [0.2, 0.25) is 0 Å². The molecule has 2 aliphatic rings. The Morgan fingerprint density at radius 2 is 2.00 bits per heavy atom. The number of benzene rings is 1. The number of carbonyl (C=O) groups is 1. The van der Waals surface area contributed by atoms with E-state index in [2.05, 4.69) is 4.99 Å². The third-order valence-corrected chi connectivity index (χ3v) is 3.82. The lowest BCUT2D eigenvalue weighted by atomic mass is 9.91. The molecule has 0 radical (unpaired) electrons. The summed E-state index contributed by atoms with van der Waals surface area (Å²) >= 11 is 0. The van der Waals surface area contributed by atoms with Crippen molar-refractivity contribution in [3.05, 3.63) is 28.3 Å². The Balaban J connectivity index is 2.32. The van der Waals surface area contributed by atoms with E-state index < -0.39 is 24.1 Å². The molecule has 0 aliphatic carbocycles. The minimum Gasteiger partial charge on any atom is -0.426 e. The van der Waals surface area contributed by atoms with Gasteiger partial charge in [-0.3, -0.25) is 9.79 Å². The molecule has 0 N–H and O–H groups in total. The van der Waals surface area contributed by atoms with E-state index in [1.807, 2.05) is 13.8 Å². The summed E-state index contributed by atoms with van der Waals surface area (Å²) in [4.78, 5) is 15.9. The molecule has 0 saturated heterocycles. The number of aryl methyl sites for hydroxylation is 1. The number of fused-ring (bicyclic) bond motifs is 2. The van der Waals surface area contributed by atoms with Gasteiger partial charge in [0.2, 0.25) is 0 Å². The van der Waals surface area contributed by atoms with Gasteiger partial charge in [0.15, 0.2) is 0 Å². The zero-order valence-electron chi connectivity index (χ0n) is 11.7. The maximum absolute atomic E-state index is 13.1. The standard InChI is InChI=1S/C15H14F3NO2/c1-14(2)4-3-8-5-9-10(15(16,17)18)6-13(20)21-12(9)7-11(8)19-14/h5,7H,3-4,6H2,1-2H3. The first-order valence-electron chi connectivity index (χ1n) is 6.70. The quantitative estimate of drug-likeness (QED) is 0.543. The highest BCUT2D eigenvalue weighted by atomic mass is 19.4. The lowest BCUT2D eigenvalue weighted by molar-refractivity contribution is -0.135. The maximum atomic E-state index is 13.1. The fourth-order valence-electron chi connectivity index (χ4n) is 2.71. The molecule has 0 bridgehead atoms. The fraction of sp³-hybridized carbons (Fsp3) is 0.467. The number of alkyl halides is 3. The molecule has 0 atom stereocenters. The topological polar surface area (TPSA) is 38.7 Å². The largest absolute Gasteiger partial charge is 0.426 e. The Morgan fingerprint density at radius 1 is 1.29 bits per heavy atom. The minimum atomic E-state index is -4.53. The zero-order chi connectivity index (χ0) is 15.4. The smallest absolute Gasteiger partial charge is 0.413 e. The lowest BCUT2D eigenvalue weighted by Crippen LogP contribution is -2.36. The Labute approximate surface area is 119 Å². The van der Waals surface area contributed by atoms with E-state index in [-0.39, 0.29) is 16.5 Å². The predicted octanol–water partition coefficient (Wildman–Crippen LogP) is 2.05. The molecule has 0 unspecified atom stereocenters. The number of carbonyl (C=O) groups excluding carboxylic acids is 1. The molecule has 0 fully saturated rings. The number of hydrogen-bond acceptors (Lipinski definition) is 3. The van der Waals surface area contributed by atoms with E-state index >= 15 is 0 Å². The number of rotatable bonds is 0.